The van der Waals surface area contributed by atoms with Gasteiger partial charge in [-0.1, -0.05) is 43.7 Å². The molecule has 156 valence electrons. The van der Waals surface area contributed by atoms with Crippen LogP contribution in [0.4, 0.5) is 5.82 Å². The Hall–Kier alpha value is -2.47. The highest BCUT2D eigenvalue weighted by atomic mass is 16.1. The van der Waals surface area contributed by atoms with Gasteiger partial charge in [0.15, 0.2) is 5.82 Å². The number of nitrogens with one attached hydrogen (secondary N) is 1. The second-order valence-corrected chi connectivity index (χ2v) is 7.75. The summed E-state index contributed by atoms with van der Waals surface area (Å²) in [6.45, 7) is 11.6. The maximum absolute atomic E-state index is 12.6. The quantitative estimate of drug-likeness (QED) is 0.744. The summed E-state index contributed by atoms with van der Waals surface area (Å²) in [5, 5.41) is 12.0. The molecule has 0 saturated carbocycles. The molecule has 0 unspecified atom stereocenters. The smallest absolute Gasteiger partial charge is 0.224 e. The first-order valence-electron chi connectivity index (χ1n) is 10.8. The van der Waals surface area contributed by atoms with Gasteiger partial charge in [-0.3, -0.25) is 4.79 Å². The summed E-state index contributed by atoms with van der Waals surface area (Å²) in [6, 6.07) is 12.3. The van der Waals surface area contributed by atoms with Crippen LogP contribution in [0.3, 0.4) is 0 Å². The second kappa shape index (κ2) is 10.3. The van der Waals surface area contributed by atoms with Crippen molar-refractivity contribution in [2.45, 2.75) is 33.6 Å². The minimum absolute atomic E-state index is 0.0130. The molecule has 0 bridgehead atoms. The van der Waals surface area contributed by atoms with Crippen molar-refractivity contribution in [2.75, 3.05) is 44.2 Å². The summed E-state index contributed by atoms with van der Waals surface area (Å²) in [6.07, 6.45) is 1.93. The molecule has 6 nitrogen and oxygen atoms in total. The van der Waals surface area contributed by atoms with Crippen molar-refractivity contribution in [1.82, 2.24) is 20.4 Å². The summed E-state index contributed by atoms with van der Waals surface area (Å²) in [4.78, 5) is 17.1. The molecule has 1 aliphatic rings. The number of nitrogens with zero attached hydrogens (tertiary/aromatic N) is 4. The highest BCUT2D eigenvalue weighted by molar-refractivity contribution is 5.79. The van der Waals surface area contributed by atoms with Crippen LogP contribution in [0, 0.1) is 12.8 Å². The summed E-state index contributed by atoms with van der Waals surface area (Å²) < 4.78 is 0. The second-order valence-electron chi connectivity index (χ2n) is 7.75. The maximum atomic E-state index is 12.6. The highest BCUT2D eigenvalue weighted by Crippen LogP contribution is 2.23. The standard InChI is InChI=1S/C23H33N5O/c1-4-27(5-2)16-14-24-23(29)20-7-6-15-28(17-20)22-13-12-21(25-26-22)19-10-8-18(3)9-11-19/h8-13,20H,4-7,14-17H2,1-3H3,(H,24,29)/t20-/m0/s1. The number of likely N-dealkylation sites (N-methyl/N-ethyl adjacent to an activating group) is 1. The molecular formula is C23H33N5O. The van der Waals surface area contributed by atoms with E-state index >= 15 is 0 Å². The molecule has 1 fully saturated rings. The predicted molar refractivity (Wildman–Crippen MR) is 118 cm³/mol. The molecule has 1 aromatic heterocycles. The molecule has 1 atom stereocenters. The Kier molecular flexibility index (Phi) is 7.58. The number of anilines is 1. The van der Waals surface area contributed by atoms with E-state index in [0.717, 1.165) is 56.1 Å². The Morgan fingerprint density at radius 2 is 1.90 bits per heavy atom. The number of amides is 1. The van der Waals surface area contributed by atoms with Gasteiger partial charge in [-0.2, -0.15) is 0 Å². The van der Waals surface area contributed by atoms with E-state index in [4.69, 9.17) is 0 Å². The lowest BCUT2D eigenvalue weighted by Crippen LogP contribution is -2.45. The Labute approximate surface area is 174 Å². The molecule has 1 aromatic carbocycles. The zero-order chi connectivity index (χ0) is 20.6. The predicted octanol–water partition coefficient (Wildman–Crippen LogP) is 3.13. The molecular weight excluding hydrogens is 362 g/mol. The van der Waals surface area contributed by atoms with Crippen LogP contribution in [0.15, 0.2) is 36.4 Å². The number of carbonyl (C=O) groups is 1. The Morgan fingerprint density at radius 3 is 2.55 bits per heavy atom. The zero-order valence-electron chi connectivity index (χ0n) is 17.9. The minimum Gasteiger partial charge on any atom is -0.355 e. The van der Waals surface area contributed by atoms with E-state index < -0.39 is 0 Å². The van der Waals surface area contributed by atoms with Crippen LogP contribution in [-0.2, 0) is 4.79 Å². The molecule has 0 radical (unpaired) electrons. The first-order chi connectivity index (χ1) is 14.1. The number of rotatable bonds is 8. The third-order valence-corrected chi connectivity index (χ3v) is 5.74. The Bertz CT molecular complexity index is 771. The van der Waals surface area contributed by atoms with Crippen molar-refractivity contribution in [2.24, 2.45) is 5.92 Å². The van der Waals surface area contributed by atoms with Crippen molar-refractivity contribution < 1.29 is 4.79 Å². The summed E-state index contributed by atoms with van der Waals surface area (Å²) >= 11 is 0. The third kappa shape index (κ3) is 5.76. The lowest BCUT2D eigenvalue weighted by Gasteiger charge is -2.32. The van der Waals surface area contributed by atoms with Crippen LogP contribution < -0.4 is 10.2 Å². The first-order valence-corrected chi connectivity index (χ1v) is 10.8. The van der Waals surface area contributed by atoms with Gasteiger partial charge in [-0.25, -0.2) is 0 Å². The number of hydrogen-bond acceptors (Lipinski definition) is 5. The maximum Gasteiger partial charge on any atom is 0.224 e. The lowest BCUT2D eigenvalue weighted by atomic mass is 9.97. The Morgan fingerprint density at radius 1 is 1.14 bits per heavy atom. The molecule has 1 amide bonds. The van der Waals surface area contributed by atoms with Crippen LogP contribution in [0.5, 0.6) is 0 Å². The van der Waals surface area contributed by atoms with Crippen molar-refractivity contribution in [1.29, 1.82) is 0 Å². The molecule has 0 aliphatic carbocycles. The summed E-state index contributed by atoms with van der Waals surface area (Å²) in [5.41, 5.74) is 3.17. The molecule has 2 heterocycles. The van der Waals surface area contributed by atoms with E-state index in [0.29, 0.717) is 13.1 Å². The molecule has 3 rings (SSSR count). The van der Waals surface area contributed by atoms with Crippen LogP contribution >= 0.6 is 0 Å². The van der Waals surface area contributed by atoms with E-state index in [1.165, 1.54) is 5.56 Å². The van der Waals surface area contributed by atoms with Gasteiger partial charge in [0.05, 0.1) is 11.6 Å². The topological polar surface area (TPSA) is 61.4 Å². The van der Waals surface area contributed by atoms with E-state index in [1.807, 2.05) is 12.1 Å². The average Bonchev–Trinajstić information content (AvgIpc) is 2.77. The van der Waals surface area contributed by atoms with Gasteiger partial charge < -0.3 is 15.1 Å². The minimum atomic E-state index is 0.0130. The molecule has 1 saturated heterocycles. The third-order valence-electron chi connectivity index (χ3n) is 5.74. The van der Waals surface area contributed by atoms with Gasteiger partial charge in [0.2, 0.25) is 5.91 Å². The van der Waals surface area contributed by atoms with Crippen molar-refractivity contribution in [3.8, 4) is 11.3 Å². The van der Waals surface area contributed by atoms with Crippen LogP contribution in [0.25, 0.3) is 11.3 Å². The number of aryl methyl sites for hydroxylation is 1. The molecule has 0 spiro atoms. The number of piperidine rings is 1. The van der Waals surface area contributed by atoms with E-state index in [2.05, 4.69) is 70.4 Å². The fraction of sp³-hybridized carbons (Fsp3) is 0.522. The lowest BCUT2D eigenvalue weighted by molar-refractivity contribution is -0.125. The largest absolute Gasteiger partial charge is 0.355 e. The molecule has 6 heteroatoms. The number of hydrogen-bond donors (Lipinski definition) is 1. The van der Waals surface area contributed by atoms with Crippen LogP contribution in [0.2, 0.25) is 0 Å². The SMILES string of the molecule is CCN(CC)CCNC(=O)[C@H]1CCCN(c2ccc(-c3ccc(C)cc3)nn2)C1. The fourth-order valence-electron chi connectivity index (χ4n) is 3.79. The van der Waals surface area contributed by atoms with Gasteiger partial charge in [0.25, 0.3) is 0 Å². The molecule has 1 N–H and O–H groups in total. The van der Waals surface area contributed by atoms with Gasteiger partial charge in [-0.15, -0.1) is 10.2 Å². The Balaban J connectivity index is 1.56. The van der Waals surface area contributed by atoms with Crippen LogP contribution in [0.1, 0.15) is 32.3 Å². The molecule has 1 aliphatic heterocycles. The average molecular weight is 396 g/mol. The van der Waals surface area contributed by atoms with Crippen molar-refractivity contribution in [3.63, 3.8) is 0 Å². The van der Waals surface area contributed by atoms with E-state index in [1.54, 1.807) is 0 Å². The normalized spacial score (nSPS) is 16.8. The van der Waals surface area contributed by atoms with Gasteiger partial charge in [0.1, 0.15) is 0 Å². The monoisotopic (exact) mass is 395 g/mol. The van der Waals surface area contributed by atoms with Gasteiger partial charge in [-0.05, 0) is 45.0 Å². The summed E-state index contributed by atoms with van der Waals surface area (Å²) in [5.74, 6) is 1.02. The van der Waals surface area contributed by atoms with Gasteiger partial charge >= 0.3 is 0 Å². The number of carbonyl (C=O) groups excluding carboxylic acids is 1. The first kappa shape index (κ1) is 21.2. The van der Waals surface area contributed by atoms with Crippen molar-refractivity contribution >= 4 is 11.7 Å². The zero-order valence-corrected chi connectivity index (χ0v) is 17.9. The van der Waals surface area contributed by atoms with Gasteiger partial charge in [0, 0.05) is 31.7 Å². The fourth-order valence-corrected chi connectivity index (χ4v) is 3.79. The van der Waals surface area contributed by atoms with E-state index in [9.17, 15) is 4.79 Å². The highest BCUT2D eigenvalue weighted by Gasteiger charge is 2.26. The molecule has 2 aromatic rings. The molecule has 29 heavy (non-hydrogen) atoms. The number of aromatic nitrogens is 2. The van der Waals surface area contributed by atoms with Crippen molar-refractivity contribution in [3.05, 3.63) is 42.0 Å². The van der Waals surface area contributed by atoms with Crippen LogP contribution in [-0.4, -0.2) is 60.3 Å². The number of benzene rings is 1. The van der Waals surface area contributed by atoms with E-state index in [-0.39, 0.29) is 11.8 Å². The summed E-state index contributed by atoms with van der Waals surface area (Å²) in [7, 11) is 0.